The molecule has 0 spiro atoms. The van der Waals surface area contributed by atoms with Crippen LogP contribution in [0.25, 0.3) is 0 Å². The molecule has 1 N–H and O–H groups in total. The number of thiophene rings is 1. The molecule has 0 aliphatic carbocycles. The van der Waals surface area contributed by atoms with Gasteiger partial charge in [-0.2, -0.15) is 0 Å². The van der Waals surface area contributed by atoms with Gasteiger partial charge in [0.25, 0.3) is 0 Å². The second kappa shape index (κ2) is 7.31. The third kappa shape index (κ3) is 4.38. The van der Waals surface area contributed by atoms with E-state index in [0.717, 1.165) is 28.0 Å². The summed E-state index contributed by atoms with van der Waals surface area (Å²) in [4.78, 5) is 2.12. The molecule has 1 heterocycles. The summed E-state index contributed by atoms with van der Waals surface area (Å²) in [5, 5.41) is 5.21. The molecule has 0 aliphatic rings. The molecule has 5 heteroatoms. The van der Waals surface area contributed by atoms with E-state index in [-0.39, 0.29) is 5.82 Å². The Morgan fingerprint density at radius 3 is 2.70 bits per heavy atom. The van der Waals surface area contributed by atoms with Crippen LogP contribution in [0.1, 0.15) is 16.7 Å². The lowest BCUT2D eigenvalue weighted by atomic mass is 10.1. The molecule has 1 aromatic heterocycles. The third-order valence-corrected chi connectivity index (χ3v) is 4.56. The molecule has 0 bridgehead atoms. The Balaban J connectivity index is 2.02. The summed E-state index contributed by atoms with van der Waals surface area (Å²) in [5.74, 6) is -0.136. The van der Waals surface area contributed by atoms with Crippen molar-refractivity contribution in [3.63, 3.8) is 0 Å². The Kier molecular flexibility index (Phi) is 5.72. The van der Waals surface area contributed by atoms with Gasteiger partial charge < -0.3 is 5.32 Å². The van der Waals surface area contributed by atoms with E-state index in [1.807, 2.05) is 26.2 Å². The SMILES string of the molecule is CNCc1ccc(F)c(CN(C)Cc2csc(Br)c2)c1. The molecule has 0 unspecified atom stereocenters. The van der Waals surface area contributed by atoms with Crippen LogP contribution in [0.2, 0.25) is 0 Å². The maximum atomic E-state index is 13.9. The van der Waals surface area contributed by atoms with Crippen LogP contribution >= 0.6 is 27.3 Å². The summed E-state index contributed by atoms with van der Waals surface area (Å²) in [6, 6.07) is 7.42. The third-order valence-electron chi connectivity index (χ3n) is 3.01. The summed E-state index contributed by atoms with van der Waals surface area (Å²) in [5.41, 5.74) is 3.10. The zero-order chi connectivity index (χ0) is 14.5. The van der Waals surface area contributed by atoms with Crippen molar-refractivity contribution in [1.29, 1.82) is 0 Å². The summed E-state index contributed by atoms with van der Waals surface area (Å²) in [7, 11) is 3.90. The lowest BCUT2D eigenvalue weighted by molar-refractivity contribution is 0.314. The standard InChI is InChI=1S/C15H18BrFN2S/c1-18-7-11-3-4-14(17)13(5-11)9-19(2)8-12-6-15(16)20-10-12/h3-6,10,18H,7-9H2,1-2H3. The van der Waals surface area contributed by atoms with Gasteiger partial charge in [-0.1, -0.05) is 12.1 Å². The van der Waals surface area contributed by atoms with E-state index in [9.17, 15) is 4.39 Å². The fraction of sp³-hybridized carbons (Fsp3) is 0.333. The fourth-order valence-electron chi connectivity index (χ4n) is 2.15. The minimum atomic E-state index is -0.136. The number of nitrogens with zero attached hydrogens (tertiary/aromatic N) is 1. The second-order valence-corrected chi connectivity index (χ2v) is 7.18. The van der Waals surface area contributed by atoms with E-state index in [2.05, 4.69) is 37.6 Å². The van der Waals surface area contributed by atoms with Crippen molar-refractivity contribution in [2.24, 2.45) is 0 Å². The first-order valence-corrected chi connectivity index (χ1v) is 8.09. The molecule has 0 saturated carbocycles. The first kappa shape index (κ1) is 15.6. The number of benzene rings is 1. The van der Waals surface area contributed by atoms with Crippen molar-refractivity contribution in [3.05, 3.63) is 55.9 Å². The molecular formula is C15H18BrFN2S. The van der Waals surface area contributed by atoms with Gasteiger partial charge in [-0.25, -0.2) is 4.39 Å². The Labute approximate surface area is 131 Å². The van der Waals surface area contributed by atoms with Crippen LogP contribution in [0.4, 0.5) is 4.39 Å². The Morgan fingerprint density at radius 1 is 1.25 bits per heavy atom. The second-order valence-electron chi connectivity index (χ2n) is 4.89. The highest BCUT2D eigenvalue weighted by molar-refractivity contribution is 9.11. The molecular weight excluding hydrogens is 339 g/mol. The smallest absolute Gasteiger partial charge is 0.127 e. The summed E-state index contributed by atoms with van der Waals surface area (Å²) in [6.07, 6.45) is 0. The average Bonchev–Trinajstić information content (AvgIpc) is 2.79. The minimum Gasteiger partial charge on any atom is -0.316 e. The van der Waals surface area contributed by atoms with Crippen molar-refractivity contribution in [2.45, 2.75) is 19.6 Å². The van der Waals surface area contributed by atoms with Gasteiger partial charge in [0.05, 0.1) is 3.79 Å². The Hall–Kier alpha value is -0.750. The maximum absolute atomic E-state index is 13.9. The number of nitrogens with one attached hydrogen (secondary N) is 1. The topological polar surface area (TPSA) is 15.3 Å². The van der Waals surface area contributed by atoms with Crippen molar-refractivity contribution in [2.75, 3.05) is 14.1 Å². The Morgan fingerprint density at radius 2 is 2.05 bits per heavy atom. The monoisotopic (exact) mass is 356 g/mol. The van der Waals surface area contributed by atoms with Crippen LogP contribution < -0.4 is 5.32 Å². The molecule has 20 heavy (non-hydrogen) atoms. The van der Waals surface area contributed by atoms with E-state index in [0.29, 0.717) is 6.54 Å². The molecule has 0 amide bonds. The molecule has 2 rings (SSSR count). The molecule has 0 radical (unpaired) electrons. The molecule has 2 aromatic rings. The number of rotatable bonds is 6. The van der Waals surface area contributed by atoms with Crippen LogP contribution in [-0.2, 0) is 19.6 Å². The highest BCUT2D eigenvalue weighted by atomic mass is 79.9. The van der Waals surface area contributed by atoms with Gasteiger partial charge in [0.2, 0.25) is 0 Å². The van der Waals surface area contributed by atoms with Crippen molar-refractivity contribution < 1.29 is 4.39 Å². The van der Waals surface area contributed by atoms with Crippen LogP contribution in [-0.4, -0.2) is 19.0 Å². The predicted octanol–water partition coefficient (Wildman–Crippen LogP) is 4.00. The molecule has 0 fully saturated rings. The van der Waals surface area contributed by atoms with Crippen molar-refractivity contribution >= 4 is 27.3 Å². The zero-order valence-electron chi connectivity index (χ0n) is 11.6. The van der Waals surface area contributed by atoms with Gasteiger partial charge in [0.1, 0.15) is 5.82 Å². The Bertz CT molecular complexity index is 571. The van der Waals surface area contributed by atoms with Gasteiger partial charge >= 0.3 is 0 Å². The van der Waals surface area contributed by atoms with Gasteiger partial charge in [0, 0.05) is 25.2 Å². The first-order chi connectivity index (χ1) is 9.58. The highest BCUT2D eigenvalue weighted by Crippen LogP contribution is 2.22. The van der Waals surface area contributed by atoms with E-state index in [1.54, 1.807) is 17.4 Å². The lowest BCUT2D eigenvalue weighted by Gasteiger charge is -2.17. The van der Waals surface area contributed by atoms with Crippen molar-refractivity contribution in [3.8, 4) is 0 Å². The summed E-state index contributed by atoms with van der Waals surface area (Å²) >= 11 is 5.13. The van der Waals surface area contributed by atoms with Gasteiger partial charge in [-0.05, 0) is 58.7 Å². The number of hydrogen-bond acceptors (Lipinski definition) is 3. The minimum absolute atomic E-state index is 0.136. The van der Waals surface area contributed by atoms with E-state index >= 15 is 0 Å². The van der Waals surface area contributed by atoms with Gasteiger partial charge in [-0.15, -0.1) is 11.3 Å². The molecule has 2 nitrogen and oxygen atoms in total. The maximum Gasteiger partial charge on any atom is 0.127 e. The zero-order valence-corrected chi connectivity index (χ0v) is 14.0. The van der Waals surface area contributed by atoms with E-state index in [1.165, 1.54) is 5.56 Å². The number of halogens is 2. The largest absolute Gasteiger partial charge is 0.316 e. The molecule has 0 atom stereocenters. The van der Waals surface area contributed by atoms with Crippen LogP contribution in [0.3, 0.4) is 0 Å². The quantitative estimate of drug-likeness (QED) is 0.841. The molecule has 108 valence electrons. The first-order valence-electron chi connectivity index (χ1n) is 6.42. The molecule has 0 aliphatic heterocycles. The van der Waals surface area contributed by atoms with E-state index < -0.39 is 0 Å². The average molecular weight is 357 g/mol. The normalized spacial score (nSPS) is 11.2. The van der Waals surface area contributed by atoms with Crippen LogP contribution in [0, 0.1) is 5.82 Å². The van der Waals surface area contributed by atoms with Crippen molar-refractivity contribution in [1.82, 2.24) is 10.2 Å². The molecule has 1 aromatic carbocycles. The predicted molar refractivity (Wildman–Crippen MR) is 86.4 cm³/mol. The van der Waals surface area contributed by atoms with Gasteiger partial charge in [0.15, 0.2) is 0 Å². The van der Waals surface area contributed by atoms with Crippen LogP contribution in [0.15, 0.2) is 33.4 Å². The van der Waals surface area contributed by atoms with Crippen LogP contribution in [0.5, 0.6) is 0 Å². The highest BCUT2D eigenvalue weighted by Gasteiger charge is 2.08. The fourth-order valence-corrected chi connectivity index (χ4v) is 3.35. The number of hydrogen-bond donors (Lipinski definition) is 1. The van der Waals surface area contributed by atoms with E-state index in [4.69, 9.17) is 0 Å². The summed E-state index contributed by atoms with van der Waals surface area (Å²) in [6.45, 7) is 2.18. The lowest BCUT2D eigenvalue weighted by Crippen LogP contribution is -2.18. The van der Waals surface area contributed by atoms with Gasteiger partial charge in [-0.3, -0.25) is 4.90 Å². The molecule has 0 saturated heterocycles. The summed E-state index contributed by atoms with van der Waals surface area (Å²) < 4.78 is 15.0.